The van der Waals surface area contributed by atoms with E-state index in [4.69, 9.17) is 0 Å². The standard InChI is InChI=1S/C22H42N2.C9H7N/c1-3-5-6-7-8-9-10-11-12-13-14-15-16-17-18-19-22-23-20-21(4-2)24-22;1-2-6-9-8(4-1)5-3-7-10-9/h20H,3-19H2,1-2H3,(H,23,24);1-7H. The Hall–Kier alpha value is -2.16. The zero-order valence-corrected chi connectivity index (χ0v) is 22.0. The fourth-order valence-electron chi connectivity index (χ4n) is 4.39. The van der Waals surface area contributed by atoms with E-state index in [0.29, 0.717) is 0 Å². The molecule has 0 saturated carbocycles. The number of hydrogen-bond donors (Lipinski definition) is 1. The van der Waals surface area contributed by atoms with Crippen molar-refractivity contribution >= 4 is 10.9 Å². The van der Waals surface area contributed by atoms with Crippen LogP contribution in [0.15, 0.2) is 48.8 Å². The van der Waals surface area contributed by atoms with Crippen molar-refractivity contribution in [2.75, 3.05) is 0 Å². The number of pyridine rings is 1. The van der Waals surface area contributed by atoms with Crippen molar-refractivity contribution in [2.24, 2.45) is 0 Å². The van der Waals surface area contributed by atoms with Crippen molar-refractivity contribution in [3.05, 3.63) is 60.3 Å². The monoisotopic (exact) mass is 463 g/mol. The molecule has 0 unspecified atom stereocenters. The number of hydrogen-bond acceptors (Lipinski definition) is 2. The maximum absolute atomic E-state index is 4.43. The van der Waals surface area contributed by atoms with Gasteiger partial charge in [0.1, 0.15) is 5.82 Å². The van der Waals surface area contributed by atoms with Gasteiger partial charge in [0.15, 0.2) is 0 Å². The second kappa shape index (κ2) is 19.2. The first-order valence-electron chi connectivity index (χ1n) is 14.2. The second-order valence-electron chi connectivity index (χ2n) is 9.60. The van der Waals surface area contributed by atoms with Gasteiger partial charge in [-0.3, -0.25) is 4.98 Å². The van der Waals surface area contributed by atoms with Gasteiger partial charge in [0.25, 0.3) is 0 Å². The van der Waals surface area contributed by atoms with Gasteiger partial charge in [-0.15, -0.1) is 0 Å². The number of nitrogens with one attached hydrogen (secondary N) is 1. The van der Waals surface area contributed by atoms with Crippen molar-refractivity contribution in [1.29, 1.82) is 0 Å². The number of aromatic nitrogens is 3. The molecule has 2 aromatic heterocycles. The van der Waals surface area contributed by atoms with Crippen LogP contribution in [-0.2, 0) is 12.8 Å². The first-order valence-corrected chi connectivity index (χ1v) is 14.2. The van der Waals surface area contributed by atoms with Crippen LogP contribution in [0.2, 0.25) is 0 Å². The molecule has 1 aromatic carbocycles. The van der Waals surface area contributed by atoms with Crippen molar-refractivity contribution in [3.8, 4) is 0 Å². The minimum atomic E-state index is 1.06. The minimum absolute atomic E-state index is 1.06. The van der Waals surface area contributed by atoms with Gasteiger partial charge in [-0.25, -0.2) is 4.98 Å². The predicted octanol–water partition coefficient (Wildman–Crippen LogP) is 9.62. The SMILES string of the molecule is CCCCCCCCCCCCCCCCCc1ncc(CC)[nH]1.c1ccc2ncccc2c1. The lowest BCUT2D eigenvalue weighted by Crippen LogP contribution is -1.89. The van der Waals surface area contributed by atoms with Gasteiger partial charge in [-0.2, -0.15) is 0 Å². The summed E-state index contributed by atoms with van der Waals surface area (Å²) < 4.78 is 0. The molecule has 188 valence electrons. The minimum Gasteiger partial charge on any atom is -0.346 e. The van der Waals surface area contributed by atoms with Crippen molar-refractivity contribution in [3.63, 3.8) is 0 Å². The summed E-state index contributed by atoms with van der Waals surface area (Å²) in [5, 5.41) is 1.20. The maximum Gasteiger partial charge on any atom is 0.106 e. The van der Waals surface area contributed by atoms with E-state index < -0.39 is 0 Å². The fraction of sp³-hybridized carbons (Fsp3) is 0.613. The Bertz CT molecular complexity index is 789. The molecule has 1 N–H and O–H groups in total. The zero-order chi connectivity index (χ0) is 24.1. The lowest BCUT2D eigenvalue weighted by atomic mass is 10.0. The summed E-state index contributed by atoms with van der Waals surface area (Å²) in [5.74, 6) is 1.18. The van der Waals surface area contributed by atoms with Crippen LogP contribution in [0.1, 0.15) is 122 Å². The summed E-state index contributed by atoms with van der Waals surface area (Å²) in [7, 11) is 0. The number of nitrogens with zero attached hydrogens (tertiary/aromatic N) is 2. The van der Waals surface area contributed by atoms with Crippen molar-refractivity contribution in [2.45, 2.75) is 123 Å². The molecule has 0 bridgehead atoms. The van der Waals surface area contributed by atoms with Crippen molar-refractivity contribution < 1.29 is 0 Å². The highest BCUT2D eigenvalue weighted by Crippen LogP contribution is 2.14. The van der Waals surface area contributed by atoms with Crippen LogP contribution in [0, 0.1) is 0 Å². The Kier molecular flexibility index (Phi) is 15.8. The van der Waals surface area contributed by atoms with Crippen LogP contribution in [0.25, 0.3) is 10.9 Å². The summed E-state index contributed by atoms with van der Waals surface area (Å²) in [4.78, 5) is 12.0. The number of H-pyrrole nitrogens is 1. The molecule has 3 aromatic rings. The van der Waals surface area contributed by atoms with Crippen LogP contribution in [-0.4, -0.2) is 15.0 Å². The highest BCUT2D eigenvalue weighted by atomic mass is 14.9. The van der Waals surface area contributed by atoms with Gasteiger partial charge in [0.2, 0.25) is 0 Å². The number of fused-ring (bicyclic) bond motifs is 1. The molecule has 34 heavy (non-hydrogen) atoms. The molecule has 0 atom stereocenters. The largest absolute Gasteiger partial charge is 0.346 e. The molecule has 3 heteroatoms. The molecular weight excluding hydrogens is 414 g/mol. The predicted molar refractivity (Wildman–Crippen MR) is 148 cm³/mol. The third kappa shape index (κ3) is 12.9. The maximum atomic E-state index is 4.43. The number of unbranched alkanes of at least 4 members (excludes halogenated alkanes) is 14. The highest BCUT2D eigenvalue weighted by Gasteiger charge is 1.99. The number of rotatable bonds is 17. The lowest BCUT2D eigenvalue weighted by molar-refractivity contribution is 0.531. The van der Waals surface area contributed by atoms with Gasteiger partial charge in [-0.05, 0) is 25.0 Å². The van der Waals surface area contributed by atoms with E-state index in [-0.39, 0.29) is 0 Å². The first-order chi connectivity index (χ1) is 16.8. The van der Waals surface area contributed by atoms with Gasteiger partial charge >= 0.3 is 0 Å². The molecule has 0 aliphatic heterocycles. The Labute approximate surface area is 209 Å². The summed E-state index contributed by atoms with van der Waals surface area (Å²) in [5.41, 5.74) is 2.33. The van der Waals surface area contributed by atoms with E-state index in [2.05, 4.69) is 40.9 Å². The molecule has 0 aliphatic rings. The van der Waals surface area contributed by atoms with Crippen LogP contribution in [0.4, 0.5) is 0 Å². The molecule has 0 spiro atoms. The fourth-order valence-corrected chi connectivity index (χ4v) is 4.39. The van der Waals surface area contributed by atoms with E-state index in [0.717, 1.165) is 18.4 Å². The average molecular weight is 464 g/mol. The number of aromatic amines is 1. The molecule has 0 amide bonds. The number of benzene rings is 1. The molecule has 0 radical (unpaired) electrons. The second-order valence-corrected chi connectivity index (χ2v) is 9.60. The first kappa shape index (κ1) is 28.1. The van der Waals surface area contributed by atoms with E-state index in [1.54, 1.807) is 0 Å². The Morgan fingerprint density at radius 3 is 1.74 bits per heavy atom. The van der Waals surface area contributed by atoms with E-state index >= 15 is 0 Å². The average Bonchev–Trinajstić information content (AvgIpc) is 3.35. The zero-order valence-electron chi connectivity index (χ0n) is 22.0. The van der Waals surface area contributed by atoms with E-state index in [9.17, 15) is 0 Å². The Morgan fingerprint density at radius 2 is 1.18 bits per heavy atom. The quantitative estimate of drug-likeness (QED) is 0.202. The highest BCUT2D eigenvalue weighted by molar-refractivity contribution is 5.77. The van der Waals surface area contributed by atoms with Crippen molar-refractivity contribution in [1.82, 2.24) is 15.0 Å². The Balaban J connectivity index is 0.000000333. The molecule has 0 fully saturated rings. The van der Waals surface area contributed by atoms with Crippen LogP contribution in [0.3, 0.4) is 0 Å². The third-order valence-electron chi connectivity index (χ3n) is 6.59. The summed E-state index contributed by atoms with van der Waals surface area (Å²) in [6.07, 6.45) is 27.4. The molecular formula is C31H49N3. The smallest absolute Gasteiger partial charge is 0.106 e. The van der Waals surface area contributed by atoms with E-state index in [1.807, 2.05) is 36.7 Å². The topological polar surface area (TPSA) is 41.6 Å². The van der Waals surface area contributed by atoms with Gasteiger partial charge < -0.3 is 4.98 Å². The normalized spacial score (nSPS) is 10.9. The molecule has 3 rings (SSSR count). The van der Waals surface area contributed by atoms with E-state index in [1.165, 1.54) is 113 Å². The third-order valence-corrected chi connectivity index (χ3v) is 6.59. The number of para-hydroxylation sites is 1. The van der Waals surface area contributed by atoms with Crippen LogP contribution < -0.4 is 0 Å². The summed E-state index contributed by atoms with van der Waals surface area (Å²) >= 11 is 0. The van der Waals surface area contributed by atoms with Gasteiger partial charge in [0.05, 0.1) is 5.52 Å². The molecule has 0 saturated heterocycles. The number of imidazole rings is 1. The Morgan fingerprint density at radius 1 is 0.618 bits per heavy atom. The van der Waals surface area contributed by atoms with Crippen LogP contribution >= 0.6 is 0 Å². The molecule has 0 aliphatic carbocycles. The van der Waals surface area contributed by atoms with Gasteiger partial charge in [0, 0.05) is 29.9 Å². The molecule has 3 nitrogen and oxygen atoms in total. The summed E-state index contributed by atoms with van der Waals surface area (Å²) in [6, 6.07) is 12.1. The van der Waals surface area contributed by atoms with Crippen LogP contribution in [0.5, 0.6) is 0 Å². The molecule has 2 heterocycles. The summed E-state index contributed by atoms with van der Waals surface area (Å²) in [6.45, 7) is 4.46. The van der Waals surface area contributed by atoms with Gasteiger partial charge in [-0.1, -0.05) is 128 Å². The number of aryl methyl sites for hydroxylation is 2. The lowest BCUT2D eigenvalue weighted by Gasteiger charge is -2.03.